The van der Waals surface area contributed by atoms with Crippen molar-refractivity contribution in [2.75, 3.05) is 0 Å². The quantitative estimate of drug-likeness (QED) is 0.804. The molecule has 1 atom stereocenters. The second kappa shape index (κ2) is 4.13. The molecule has 1 heterocycles. The van der Waals surface area contributed by atoms with Crippen LogP contribution in [-0.4, -0.2) is 9.55 Å². The molecule has 0 amide bonds. The molecule has 0 aliphatic rings. The molecule has 0 fully saturated rings. The van der Waals surface area contributed by atoms with Crippen LogP contribution < -0.4 is 5.73 Å². The van der Waals surface area contributed by atoms with Crippen LogP contribution >= 0.6 is 0 Å². The van der Waals surface area contributed by atoms with E-state index in [2.05, 4.69) is 37.2 Å². The zero-order valence-electron chi connectivity index (χ0n) is 9.62. The highest BCUT2D eigenvalue weighted by atomic mass is 15.1. The van der Waals surface area contributed by atoms with Crippen LogP contribution in [0.5, 0.6) is 0 Å². The zero-order valence-corrected chi connectivity index (χ0v) is 9.62. The Labute approximate surface area is 86.3 Å². The molecule has 0 saturated carbocycles. The van der Waals surface area contributed by atoms with Gasteiger partial charge in [-0.15, -0.1) is 0 Å². The van der Waals surface area contributed by atoms with Crippen LogP contribution in [0.2, 0.25) is 0 Å². The normalized spacial score (nSPS) is 14.4. The van der Waals surface area contributed by atoms with Gasteiger partial charge in [-0.2, -0.15) is 0 Å². The van der Waals surface area contributed by atoms with Gasteiger partial charge in [0, 0.05) is 18.9 Å². The van der Waals surface area contributed by atoms with Gasteiger partial charge in [-0.3, -0.25) is 0 Å². The fourth-order valence-electron chi connectivity index (χ4n) is 1.67. The van der Waals surface area contributed by atoms with Crippen LogP contribution in [0, 0.1) is 5.41 Å². The van der Waals surface area contributed by atoms with Crippen molar-refractivity contribution in [3.05, 3.63) is 18.2 Å². The number of hydrogen-bond acceptors (Lipinski definition) is 2. The van der Waals surface area contributed by atoms with E-state index in [9.17, 15) is 0 Å². The number of rotatable bonds is 3. The van der Waals surface area contributed by atoms with Crippen molar-refractivity contribution in [1.82, 2.24) is 9.55 Å². The lowest BCUT2D eigenvalue weighted by Crippen LogP contribution is -2.22. The summed E-state index contributed by atoms with van der Waals surface area (Å²) in [5.41, 5.74) is 6.37. The van der Waals surface area contributed by atoms with E-state index < -0.39 is 0 Å². The predicted octanol–water partition coefficient (Wildman–Crippen LogP) is 2.34. The molecule has 14 heavy (non-hydrogen) atoms. The van der Waals surface area contributed by atoms with E-state index in [1.807, 2.05) is 12.4 Å². The van der Waals surface area contributed by atoms with Crippen LogP contribution in [0.25, 0.3) is 0 Å². The number of aromatic nitrogens is 2. The molecular weight excluding hydrogens is 174 g/mol. The van der Waals surface area contributed by atoms with E-state index in [-0.39, 0.29) is 11.5 Å². The van der Waals surface area contributed by atoms with Crippen molar-refractivity contribution in [3.8, 4) is 0 Å². The van der Waals surface area contributed by atoms with E-state index in [0.29, 0.717) is 0 Å². The molecule has 1 rings (SSSR count). The van der Waals surface area contributed by atoms with Gasteiger partial charge >= 0.3 is 0 Å². The van der Waals surface area contributed by atoms with Crippen LogP contribution in [0.4, 0.5) is 0 Å². The molecule has 0 aromatic carbocycles. The minimum atomic E-state index is 0.0462. The number of hydrogen-bond donors (Lipinski definition) is 1. The molecule has 1 aromatic heterocycles. The van der Waals surface area contributed by atoms with Crippen LogP contribution in [0.15, 0.2) is 12.4 Å². The molecule has 1 aromatic rings. The predicted molar refractivity (Wildman–Crippen MR) is 58.9 cm³/mol. The highest BCUT2D eigenvalue weighted by Gasteiger charge is 2.19. The summed E-state index contributed by atoms with van der Waals surface area (Å²) < 4.78 is 2.11. The highest BCUT2D eigenvalue weighted by Crippen LogP contribution is 2.26. The molecule has 0 bridgehead atoms. The third-order valence-corrected chi connectivity index (χ3v) is 2.25. The molecule has 3 nitrogen and oxygen atoms in total. The molecule has 1 unspecified atom stereocenters. The van der Waals surface area contributed by atoms with Gasteiger partial charge in [0.15, 0.2) is 0 Å². The lowest BCUT2D eigenvalue weighted by atomic mass is 9.88. The Bertz CT molecular complexity index is 283. The summed E-state index contributed by atoms with van der Waals surface area (Å²) in [6.07, 6.45) is 4.77. The Hall–Kier alpha value is -0.830. The van der Waals surface area contributed by atoms with Gasteiger partial charge in [-0.05, 0) is 18.8 Å². The smallest absolute Gasteiger partial charge is 0.125 e. The molecule has 2 N–H and O–H groups in total. The minimum Gasteiger partial charge on any atom is -0.334 e. The summed E-state index contributed by atoms with van der Waals surface area (Å²) in [7, 11) is 0. The highest BCUT2D eigenvalue weighted by molar-refractivity contribution is 4.99. The van der Waals surface area contributed by atoms with E-state index >= 15 is 0 Å². The summed E-state index contributed by atoms with van der Waals surface area (Å²) in [6, 6.07) is 0.0462. The van der Waals surface area contributed by atoms with Crippen molar-refractivity contribution in [2.24, 2.45) is 11.1 Å². The third kappa shape index (κ3) is 2.84. The summed E-state index contributed by atoms with van der Waals surface area (Å²) in [5, 5.41) is 0. The zero-order chi connectivity index (χ0) is 10.8. The number of nitrogens with zero attached hydrogens (tertiary/aromatic N) is 2. The van der Waals surface area contributed by atoms with E-state index in [1.165, 1.54) is 0 Å². The van der Waals surface area contributed by atoms with Crippen LogP contribution in [0.1, 0.15) is 46.0 Å². The van der Waals surface area contributed by atoms with Crippen molar-refractivity contribution < 1.29 is 0 Å². The SMILES string of the molecule is CCn1ccnc1C(N)CC(C)(C)C. The first-order chi connectivity index (χ1) is 6.44. The lowest BCUT2D eigenvalue weighted by Gasteiger charge is -2.23. The first-order valence-electron chi connectivity index (χ1n) is 5.20. The van der Waals surface area contributed by atoms with Gasteiger partial charge in [0.2, 0.25) is 0 Å². The monoisotopic (exact) mass is 195 g/mol. The maximum Gasteiger partial charge on any atom is 0.125 e. The molecule has 0 saturated heterocycles. The molecule has 0 radical (unpaired) electrons. The standard InChI is InChI=1S/C11H21N3/c1-5-14-7-6-13-10(14)9(12)8-11(2,3)4/h6-7,9H,5,8,12H2,1-4H3. The molecule has 0 aliphatic heterocycles. The van der Waals surface area contributed by atoms with Gasteiger partial charge in [0.25, 0.3) is 0 Å². The summed E-state index contributed by atoms with van der Waals surface area (Å²) >= 11 is 0. The maximum atomic E-state index is 6.12. The summed E-state index contributed by atoms with van der Waals surface area (Å²) in [6.45, 7) is 9.65. The van der Waals surface area contributed by atoms with Gasteiger partial charge in [0.1, 0.15) is 5.82 Å². The van der Waals surface area contributed by atoms with Gasteiger partial charge in [0.05, 0.1) is 6.04 Å². The Morgan fingerprint density at radius 2 is 2.14 bits per heavy atom. The van der Waals surface area contributed by atoms with Gasteiger partial charge in [-0.1, -0.05) is 20.8 Å². The molecule has 0 spiro atoms. The van der Waals surface area contributed by atoms with Crippen molar-refractivity contribution in [1.29, 1.82) is 0 Å². The summed E-state index contributed by atoms with van der Waals surface area (Å²) in [5.74, 6) is 1.00. The van der Waals surface area contributed by atoms with Gasteiger partial charge in [-0.25, -0.2) is 4.98 Å². The maximum absolute atomic E-state index is 6.12. The fraction of sp³-hybridized carbons (Fsp3) is 0.727. The molecule has 0 aliphatic carbocycles. The van der Waals surface area contributed by atoms with Crippen molar-refractivity contribution in [2.45, 2.75) is 46.7 Å². The van der Waals surface area contributed by atoms with Crippen molar-refractivity contribution in [3.63, 3.8) is 0 Å². The van der Waals surface area contributed by atoms with E-state index in [1.54, 1.807) is 0 Å². The molecular formula is C11H21N3. The summed E-state index contributed by atoms with van der Waals surface area (Å²) in [4.78, 5) is 4.31. The fourth-order valence-corrected chi connectivity index (χ4v) is 1.67. The minimum absolute atomic E-state index is 0.0462. The first kappa shape index (κ1) is 11.2. The topological polar surface area (TPSA) is 43.8 Å². The number of nitrogens with two attached hydrogens (primary N) is 1. The number of imidazole rings is 1. The number of aryl methyl sites for hydroxylation is 1. The lowest BCUT2D eigenvalue weighted by molar-refractivity contribution is 0.332. The third-order valence-electron chi connectivity index (χ3n) is 2.25. The Kier molecular flexibility index (Phi) is 3.32. The second-order valence-corrected chi connectivity index (χ2v) is 4.94. The largest absolute Gasteiger partial charge is 0.334 e. The second-order valence-electron chi connectivity index (χ2n) is 4.94. The molecule has 3 heteroatoms. The van der Waals surface area contributed by atoms with E-state index in [4.69, 9.17) is 5.73 Å². The average molecular weight is 195 g/mol. The Balaban J connectivity index is 2.74. The van der Waals surface area contributed by atoms with Gasteiger partial charge < -0.3 is 10.3 Å². The van der Waals surface area contributed by atoms with Crippen LogP contribution in [0.3, 0.4) is 0 Å². The Morgan fingerprint density at radius 1 is 1.50 bits per heavy atom. The van der Waals surface area contributed by atoms with Crippen molar-refractivity contribution >= 4 is 0 Å². The first-order valence-corrected chi connectivity index (χ1v) is 5.20. The average Bonchev–Trinajstić information content (AvgIpc) is 2.47. The van der Waals surface area contributed by atoms with Crippen LogP contribution in [-0.2, 0) is 6.54 Å². The molecule has 80 valence electrons. The Morgan fingerprint density at radius 3 is 2.64 bits per heavy atom. The van der Waals surface area contributed by atoms with E-state index in [0.717, 1.165) is 18.8 Å².